The zero-order valence-corrected chi connectivity index (χ0v) is 17.9. The van der Waals surface area contributed by atoms with Gasteiger partial charge in [0.2, 0.25) is 0 Å². The lowest BCUT2D eigenvalue weighted by Gasteiger charge is -2.30. The van der Waals surface area contributed by atoms with Crippen molar-refractivity contribution >= 4 is 17.9 Å². The minimum atomic E-state index is -0.793. The van der Waals surface area contributed by atoms with Gasteiger partial charge >= 0.3 is 17.9 Å². The molecule has 2 saturated heterocycles. The summed E-state index contributed by atoms with van der Waals surface area (Å²) in [6.45, 7) is 10.4. The molecule has 3 aliphatic rings. The van der Waals surface area contributed by atoms with Crippen molar-refractivity contribution in [3.05, 3.63) is 23.8 Å². The summed E-state index contributed by atoms with van der Waals surface area (Å²) in [6, 6.07) is 0. The summed E-state index contributed by atoms with van der Waals surface area (Å²) in [6.07, 6.45) is 0.503. The Labute approximate surface area is 176 Å². The van der Waals surface area contributed by atoms with Crippen molar-refractivity contribution in [1.29, 1.82) is 0 Å². The van der Waals surface area contributed by atoms with Gasteiger partial charge in [0.1, 0.15) is 18.3 Å². The minimum absolute atomic E-state index is 0.209. The van der Waals surface area contributed by atoms with Crippen molar-refractivity contribution in [2.45, 2.75) is 77.0 Å². The molecule has 0 saturated carbocycles. The summed E-state index contributed by atoms with van der Waals surface area (Å²) >= 11 is 0. The Morgan fingerprint density at radius 3 is 2.70 bits per heavy atom. The number of carbonyl (C=O) groups excluding carboxylic acids is 3. The van der Waals surface area contributed by atoms with Crippen LogP contribution in [0.25, 0.3) is 0 Å². The SMILES string of the molecule is C=C1C(=O)O[C@@H]2/C=C(/CO)C(OC(C)=O)CC3O[C@]3(C)CC(OC(=O)C(C)CC)[C@@H]12. The van der Waals surface area contributed by atoms with Crippen molar-refractivity contribution in [1.82, 2.24) is 0 Å². The fourth-order valence-corrected chi connectivity index (χ4v) is 4.16. The van der Waals surface area contributed by atoms with E-state index in [1.165, 1.54) is 6.92 Å². The van der Waals surface area contributed by atoms with Crippen LogP contribution in [-0.2, 0) is 33.3 Å². The van der Waals surface area contributed by atoms with Gasteiger partial charge in [0.05, 0.1) is 30.1 Å². The maximum absolute atomic E-state index is 12.6. The molecule has 3 rings (SSSR count). The molecule has 4 unspecified atom stereocenters. The third kappa shape index (κ3) is 4.44. The monoisotopic (exact) mass is 422 g/mol. The average molecular weight is 422 g/mol. The predicted molar refractivity (Wildman–Crippen MR) is 105 cm³/mol. The molecule has 2 fully saturated rings. The highest BCUT2D eigenvalue weighted by molar-refractivity contribution is 5.91. The van der Waals surface area contributed by atoms with E-state index < -0.39 is 41.8 Å². The quantitative estimate of drug-likeness (QED) is 0.235. The molecule has 1 N–H and O–H groups in total. The van der Waals surface area contributed by atoms with Crippen molar-refractivity contribution < 1.29 is 38.4 Å². The highest BCUT2D eigenvalue weighted by atomic mass is 16.6. The van der Waals surface area contributed by atoms with Gasteiger partial charge in [0.15, 0.2) is 0 Å². The zero-order valence-electron chi connectivity index (χ0n) is 17.9. The van der Waals surface area contributed by atoms with Gasteiger partial charge in [-0.3, -0.25) is 9.59 Å². The molecule has 0 aromatic carbocycles. The molecule has 0 amide bonds. The van der Waals surface area contributed by atoms with E-state index in [0.29, 0.717) is 24.8 Å². The molecule has 0 spiro atoms. The van der Waals surface area contributed by atoms with Gasteiger partial charge in [0.25, 0.3) is 0 Å². The largest absolute Gasteiger partial charge is 0.461 e. The summed E-state index contributed by atoms with van der Waals surface area (Å²) in [4.78, 5) is 36.5. The van der Waals surface area contributed by atoms with Gasteiger partial charge in [-0.2, -0.15) is 0 Å². The van der Waals surface area contributed by atoms with Crippen molar-refractivity contribution in [2.24, 2.45) is 11.8 Å². The summed E-state index contributed by atoms with van der Waals surface area (Å²) < 4.78 is 22.6. The molecule has 1 aliphatic carbocycles. The number of esters is 3. The molecule has 0 aromatic rings. The van der Waals surface area contributed by atoms with Crippen LogP contribution in [0.3, 0.4) is 0 Å². The van der Waals surface area contributed by atoms with E-state index >= 15 is 0 Å². The Kier molecular flexibility index (Phi) is 6.38. The van der Waals surface area contributed by atoms with Crippen LogP contribution in [0.4, 0.5) is 0 Å². The molecule has 8 heteroatoms. The molecule has 2 aliphatic heterocycles. The van der Waals surface area contributed by atoms with Gasteiger partial charge in [-0.05, 0) is 25.0 Å². The van der Waals surface area contributed by atoms with Gasteiger partial charge in [-0.25, -0.2) is 4.79 Å². The second-order valence-electron chi connectivity index (χ2n) is 8.56. The van der Waals surface area contributed by atoms with E-state index in [0.717, 1.165) is 0 Å². The number of hydrogen-bond donors (Lipinski definition) is 1. The standard InChI is InChI=1S/C22H30O8/c1-6-11(2)20(25)29-17-9-22(5)18(30-22)8-15(27-13(4)24)14(10-23)7-16-19(17)12(3)21(26)28-16/h7,11,15-19,23H,3,6,8-10H2,1-2,4-5H3/b14-7-/t11?,15?,16-,17?,18?,19+,22-/m1/s1. The summed E-state index contributed by atoms with van der Waals surface area (Å²) in [5.74, 6) is -2.32. The molecule has 0 bridgehead atoms. The first-order chi connectivity index (χ1) is 14.1. The zero-order chi connectivity index (χ0) is 22.2. The molecule has 30 heavy (non-hydrogen) atoms. The molecule has 0 radical (unpaired) electrons. The van der Waals surface area contributed by atoms with Crippen LogP contribution in [0.15, 0.2) is 23.8 Å². The Hall–Kier alpha value is -2.19. The summed E-state index contributed by atoms with van der Waals surface area (Å²) in [5.41, 5.74) is 0.00281. The van der Waals surface area contributed by atoms with E-state index in [9.17, 15) is 19.5 Å². The maximum Gasteiger partial charge on any atom is 0.334 e. The van der Waals surface area contributed by atoms with Crippen LogP contribution in [0.5, 0.6) is 0 Å². The lowest BCUT2D eigenvalue weighted by molar-refractivity contribution is -0.158. The van der Waals surface area contributed by atoms with Crippen LogP contribution in [0.2, 0.25) is 0 Å². The first-order valence-electron chi connectivity index (χ1n) is 10.4. The van der Waals surface area contributed by atoms with Gasteiger partial charge in [-0.15, -0.1) is 0 Å². The van der Waals surface area contributed by atoms with E-state index in [1.807, 2.05) is 13.8 Å². The summed E-state index contributed by atoms with van der Waals surface area (Å²) in [5, 5.41) is 9.94. The summed E-state index contributed by atoms with van der Waals surface area (Å²) in [7, 11) is 0. The van der Waals surface area contributed by atoms with Crippen molar-refractivity contribution in [3.8, 4) is 0 Å². The molecule has 2 heterocycles. The normalized spacial score (nSPS) is 38.3. The number of epoxide rings is 1. The number of hydrogen-bond acceptors (Lipinski definition) is 8. The van der Waals surface area contributed by atoms with E-state index in [4.69, 9.17) is 18.9 Å². The van der Waals surface area contributed by atoms with Gasteiger partial charge < -0.3 is 24.1 Å². The Bertz CT molecular complexity index is 771. The second-order valence-corrected chi connectivity index (χ2v) is 8.56. The Morgan fingerprint density at radius 1 is 1.40 bits per heavy atom. The number of aliphatic hydroxyl groups excluding tert-OH is 1. The fourth-order valence-electron chi connectivity index (χ4n) is 4.16. The third-order valence-electron chi connectivity index (χ3n) is 6.30. The van der Waals surface area contributed by atoms with E-state index in [1.54, 1.807) is 13.0 Å². The first-order valence-corrected chi connectivity index (χ1v) is 10.4. The second kappa shape index (κ2) is 8.51. The minimum Gasteiger partial charge on any atom is -0.461 e. The number of fused-ring (bicyclic) bond motifs is 2. The average Bonchev–Trinajstić information content (AvgIpc) is 3.21. The lowest BCUT2D eigenvalue weighted by atomic mass is 9.82. The Morgan fingerprint density at radius 2 is 2.10 bits per heavy atom. The van der Waals surface area contributed by atoms with E-state index in [-0.39, 0.29) is 30.2 Å². The molecule has 8 nitrogen and oxygen atoms in total. The van der Waals surface area contributed by atoms with Crippen LogP contribution in [0.1, 0.15) is 47.0 Å². The number of rotatable bonds is 5. The fraction of sp³-hybridized carbons (Fsp3) is 0.682. The third-order valence-corrected chi connectivity index (χ3v) is 6.30. The Balaban J connectivity index is 2.00. The maximum atomic E-state index is 12.6. The number of aliphatic hydroxyl groups is 1. The van der Waals surface area contributed by atoms with Crippen LogP contribution < -0.4 is 0 Å². The highest BCUT2D eigenvalue weighted by Crippen LogP contribution is 2.48. The van der Waals surface area contributed by atoms with Crippen LogP contribution in [0, 0.1) is 11.8 Å². The first kappa shape index (κ1) is 22.5. The smallest absolute Gasteiger partial charge is 0.334 e. The van der Waals surface area contributed by atoms with Crippen molar-refractivity contribution in [3.63, 3.8) is 0 Å². The topological polar surface area (TPSA) is 112 Å². The lowest BCUT2D eigenvalue weighted by Crippen LogP contribution is -2.39. The van der Waals surface area contributed by atoms with Gasteiger partial charge in [0, 0.05) is 25.3 Å². The van der Waals surface area contributed by atoms with Crippen LogP contribution >= 0.6 is 0 Å². The van der Waals surface area contributed by atoms with E-state index in [2.05, 4.69) is 6.58 Å². The van der Waals surface area contributed by atoms with Crippen molar-refractivity contribution in [2.75, 3.05) is 6.61 Å². The molecular formula is C22H30O8. The molecule has 7 atom stereocenters. The van der Waals surface area contributed by atoms with Gasteiger partial charge in [-0.1, -0.05) is 20.4 Å². The van der Waals surface area contributed by atoms with Crippen LogP contribution in [-0.4, -0.2) is 59.6 Å². The molecular weight excluding hydrogens is 392 g/mol. The number of carbonyl (C=O) groups is 3. The molecule has 166 valence electrons. The highest BCUT2D eigenvalue weighted by Gasteiger charge is 2.58. The predicted octanol–water partition coefficient (Wildman–Crippen LogP) is 1.84. The number of ether oxygens (including phenoxy) is 4. The molecule has 0 aromatic heterocycles.